The third-order valence-corrected chi connectivity index (χ3v) is 5.11. The molecule has 0 aromatic carbocycles. The van der Waals surface area contributed by atoms with Crippen LogP contribution in [0.5, 0.6) is 0 Å². The second kappa shape index (κ2) is 16.6. The molecule has 0 aliphatic heterocycles. The molecular weight excluding hydrogens is 636 g/mol. The predicted octanol–water partition coefficient (Wildman–Crippen LogP) is 3.45. The standard InChI is InChI=1S/C27H45F6N5O8/c1-22(2,3)44-19(41)37-15-14-35-11-10-34-12-13-36-16-25(17(39)26(28,29)30,18(40)27(31,32)33)38(20(42)45-23(4,5)6)21(43)46-24(7,8)9/h34-36H,10-16H2,1-9H3,(H,37,41). The lowest BCUT2D eigenvalue weighted by Gasteiger charge is -2.40. The van der Waals surface area contributed by atoms with E-state index >= 15 is 0 Å². The highest BCUT2D eigenvalue weighted by molar-refractivity contribution is 6.20. The number of nitrogens with one attached hydrogen (secondary N) is 4. The molecule has 4 N–H and O–H groups in total. The summed E-state index contributed by atoms with van der Waals surface area (Å²) in [6, 6.07) is 0. The summed E-state index contributed by atoms with van der Waals surface area (Å²) in [5, 5.41) is 10.4. The van der Waals surface area contributed by atoms with Crippen LogP contribution in [0.25, 0.3) is 0 Å². The van der Waals surface area contributed by atoms with E-state index in [9.17, 15) is 50.3 Å². The largest absolute Gasteiger partial charge is 0.453 e. The van der Waals surface area contributed by atoms with Crippen molar-refractivity contribution in [3.8, 4) is 0 Å². The van der Waals surface area contributed by atoms with Gasteiger partial charge in [0.2, 0.25) is 5.54 Å². The highest BCUT2D eigenvalue weighted by atomic mass is 19.4. The molecule has 0 unspecified atom stereocenters. The van der Waals surface area contributed by atoms with Crippen LogP contribution < -0.4 is 21.3 Å². The number of hydrogen-bond donors (Lipinski definition) is 4. The first-order valence-corrected chi connectivity index (χ1v) is 14.1. The zero-order valence-corrected chi connectivity index (χ0v) is 27.4. The van der Waals surface area contributed by atoms with Crippen molar-refractivity contribution in [1.82, 2.24) is 26.2 Å². The van der Waals surface area contributed by atoms with Crippen LogP contribution in [-0.2, 0) is 23.8 Å². The lowest BCUT2D eigenvalue weighted by molar-refractivity contribution is -0.199. The van der Waals surface area contributed by atoms with Gasteiger partial charge < -0.3 is 35.5 Å². The first-order chi connectivity index (χ1) is 20.5. The van der Waals surface area contributed by atoms with Gasteiger partial charge in [0, 0.05) is 45.8 Å². The lowest BCUT2D eigenvalue weighted by Crippen LogP contribution is -2.73. The fourth-order valence-electron chi connectivity index (χ4n) is 3.46. The van der Waals surface area contributed by atoms with Crippen LogP contribution in [0.2, 0.25) is 0 Å². The van der Waals surface area contributed by atoms with E-state index in [0.717, 1.165) is 0 Å². The van der Waals surface area contributed by atoms with Crippen LogP contribution in [0.1, 0.15) is 62.3 Å². The molecule has 0 saturated carbocycles. The van der Waals surface area contributed by atoms with Crippen molar-refractivity contribution in [3.63, 3.8) is 0 Å². The number of alkyl halides is 6. The molecule has 0 aliphatic carbocycles. The number of Topliss-reactive ketones (excluding diaryl/α,β-unsaturated/α-hetero) is 2. The van der Waals surface area contributed by atoms with E-state index in [-0.39, 0.29) is 19.6 Å². The first kappa shape index (κ1) is 42.8. The number of ketones is 2. The minimum absolute atomic E-state index is 0.104. The number of carbonyl (C=O) groups excluding carboxylic acids is 5. The number of ether oxygens (including phenoxy) is 3. The van der Waals surface area contributed by atoms with Gasteiger partial charge in [0.05, 0.1) is 0 Å². The maximum absolute atomic E-state index is 13.9. The topological polar surface area (TPSA) is 164 Å². The van der Waals surface area contributed by atoms with Crippen molar-refractivity contribution in [2.45, 2.75) is 97.0 Å². The SMILES string of the molecule is CC(C)(C)OC(=O)NCCNCCNCCNCC(C(=O)C(F)(F)F)(C(=O)C(F)(F)F)N(C(=O)OC(C)(C)C)C(=O)OC(C)(C)C. The van der Waals surface area contributed by atoms with E-state index in [1.165, 1.54) is 41.5 Å². The van der Waals surface area contributed by atoms with Gasteiger partial charge in [-0.25, -0.2) is 14.4 Å². The van der Waals surface area contributed by atoms with Crippen molar-refractivity contribution in [2.24, 2.45) is 0 Å². The molecule has 0 aromatic rings. The van der Waals surface area contributed by atoms with Gasteiger partial charge in [-0.2, -0.15) is 31.2 Å². The second-order valence-electron chi connectivity index (χ2n) is 12.9. The maximum atomic E-state index is 13.9. The quantitative estimate of drug-likeness (QED) is 0.0919. The Morgan fingerprint density at radius 2 is 0.848 bits per heavy atom. The van der Waals surface area contributed by atoms with Crippen LogP contribution in [0.4, 0.5) is 40.7 Å². The summed E-state index contributed by atoms with van der Waals surface area (Å²) in [5.74, 6) is -6.69. The molecule has 0 rings (SSSR count). The third kappa shape index (κ3) is 15.4. The summed E-state index contributed by atoms with van der Waals surface area (Å²) in [5.41, 5.74) is -8.38. The molecule has 0 atom stereocenters. The molecule has 268 valence electrons. The molecule has 3 amide bonds. The summed E-state index contributed by atoms with van der Waals surface area (Å²) < 4.78 is 98.2. The molecule has 0 aliphatic rings. The van der Waals surface area contributed by atoms with Gasteiger partial charge in [-0.3, -0.25) is 9.59 Å². The van der Waals surface area contributed by atoms with Gasteiger partial charge in [-0.05, 0) is 62.3 Å². The van der Waals surface area contributed by atoms with Crippen LogP contribution in [0, 0.1) is 0 Å². The Hall–Kier alpha value is -3.19. The number of alkyl carbamates (subject to hydrolysis) is 1. The Labute approximate surface area is 263 Å². The highest BCUT2D eigenvalue weighted by Crippen LogP contribution is 2.36. The minimum atomic E-state index is -6.13. The fourth-order valence-corrected chi connectivity index (χ4v) is 3.46. The van der Waals surface area contributed by atoms with E-state index in [0.29, 0.717) is 13.1 Å². The van der Waals surface area contributed by atoms with Crippen molar-refractivity contribution >= 4 is 29.8 Å². The average Bonchev–Trinajstić information content (AvgIpc) is 2.81. The number of carbonyl (C=O) groups is 5. The molecule has 0 fully saturated rings. The summed E-state index contributed by atoms with van der Waals surface area (Å²) in [4.78, 5) is 62.4. The number of halogens is 6. The zero-order chi connectivity index (χ0) is 36.4. The molecule has 19 heteroatoms. The number of imide groups is 1. The molecule has 0 saturated heterocycles. The van der Waals surface area contributed by atoms with E-state index < -0.39 is 82.5 Å². The fraction of sp³-hybridized carbons (Fsp3) is 0.815. The van der Waals surface area contributed by atoms with E-state index in [1.54, 1.807) is 20.8 Å². The van der Waals surface area contributed by atoms with Gasteiger partial charge in [0.1, 0.15) is 16.8 Å². The zero-order valence-electron chi connectivity index (χ0n) is 27.4. The third-order valence-electron chi connectivity index (χ3n) is 5.11. The summed E-state index contributed by atoms with van der Waals surface area (Å²) in [6.45, 7) is 11.1. The Morgan fingerprint density at radius 1 is 0.522 bits per heavy atom. The van der Waals surface area contributed by atoms with Crippen molar-refractivity contribution in [1.29, 1.82) is 0 Å². The number of amides is 3. The lowest BCUT2D eigenvalue weighted by atomic mass is 9.85. The van der Waals surface area contributed by atoms with E-state index in [2.05, 4.69) is 21.3 Å². The molecule has 46 heavy (non-hydrogen) atoms. The predicted molar refractivity (Wildman–Crippen MR) is 152 cm³/mol. The first-order valence-electron chi connectivity index (χ1n) is 14.1. The number of rotatable bonds is 14. The van der Waals surface area contributed by atoms with Gasteiger partial charge in [-0.15, -0.1) is 0 Å². The smallest absolute Gasteiger partial charge is 0.444 e. The normalized spacial score (nSPS) is 13.1. The second-order valence-corrected chi connectivity index (χ2v) is 12.9. The molecule has 0 spiro atoms. The Balaban J connectivity index is 5.94. The van der Waals surface area contributed by atoms with Crippen molar-refractivity contribution in [3.05, 3.63) is 0 Å². The van der Waals surface area contributed by atoms with E-state index in [1.807, 2.05) is 0 Å². The molecule has 0 aromatic heterocycles. The van der Waals surface area contributed by atoms with Crippen LogP contribution in [0.3, 0.4) is 0 Å². The van der Waals surface area contributed by atoms with Gasteiger partial charge in [0.25, 0.3) is 11.6 Å². The van der Waals surface area contributed by atoms with Crippen LogP contribution in [0.15, 0.2) is 0 Å². The highest BCUT2D eigenvalue weighted by Gasteiger charge is 2.70. The Morgan fingerprint density at radius 3 is 1.17 bits per heavy atom. The molecular formula is C27H45F6N5O8. The minimum Gasteiger partial charge on any atom is -0.444 e. The average molecular weight is 682 g/mol. The summed E-state index contributed by atoms with van der Waals surface area (Å²) >= 11 is 0. The van der Waals surface area contributed by atoms with E-state index in [4.69, 9.17) is 14.2 Å². The summed E-state index contributed by atoms with van der Waals surface area (Å²) in [7, 11) is 0. The maximum Gasteiger partial charge on any atom is 0.453 e. The Bertz CT molecular complexity index is 1010. The van der Waals surface area contributed by atoms with Crippen molar-refractivity contribution < 1.29 is 64.5 Å². The van der Waals surface area contributed by atoms with Crippen LogP contribution in [-0.4, -0.2) is 115 Å². The molecule has 13 nitrogen and oxygen atoms in total. The van der Waals surface area contributed by atoms with Gasteiger partial charge in [-0.1, -0.05) is 0 Å². The molecule has 0 heterocycles. The Kier molecular flexibility index (Phi) is 15.4. The van der Waals surface area contributed by atoms with Gasteiger partial charge >= 0.3 is 30.6 Å². The van der Waals surface area contributed by atoms with Crippen LogP contribution >= 0.6 is 0 Å². The van der Waals surface area contributed by atoms with Gasteiger partial charge in [0.15, 0.2) is 0 Å². The summed E-state index contributed by atoms with van der Waals surface area (Å²) in [6.07, 6.45) is -17.2. The molecule has 0 radical (unpaired) electrons. The molecule has 0 bridgehead atoms. The van der Waals surface area contributed by atoms with Crippen molar-refractivity contribution in [2.75, 3.05) is 45.8 Å². The number of nitrogens with zero attached hydrogens (tertiary/aromatic N) is 1. The monoisotopic (exact) mass is 681 g/mol. The number of hydrogen-bond acceptors (Lipinski definition) is 11.